The smallest absolute Gasteiger partial charge is 0.229 e. The predicted molar refractivity (Wildman–Crippen MR) is 132 cm³/mol. The summed E-state index contributed by atoms with van der Waals surface area (Å²) in [6.07, 6.45) is 0.0819. The molecule has 1 aliphatic carbocycles. The van der Waals surface area contributed by atoms with E-state index >= 15 is 0 Å². The van der Waals surface area contributed by atoms with Crippen LogP contribution in [0.15, 0.2) is 42.6 Å². The number of aromatic nitrogens is 4. The van der Waals surface area contributed by atoms with Gasteiger partial charge in [-0.15, -0.1) is 11.3 Å². The first-order valence-corrected chi connectivity index (χ1v) is 11.9. The minimum atomic E-state index is -1.03. The van der Waals surface area contributed by atoms with Crippen LogP contribution >= 0.6 is 11.3 Å². The van der Waals surface area contributed by atoms with E-state index in [1.165, 1.54) is 11.3 Å². The normalized spacial score (nSPS) is 22.3. The Balaban J connectivity index is 1.52. The molecule has 10 heteroatoms. The molecule has 1 aliphatic rings. The van der Waals surface area contributed by atoms with Crippen LogP contribution in [0, 0.1) is 19.8 Å². The van der Waals surface area contributed by atoms with Crippen LogP contribution in [0.25, 0.3) is 20.8 Å². The average Bonchev–Trinajstić information content (AvgIpc) is 3.35. The van der Waals surface area contributed by atoms with E-state index in [1.807, 2.05) is 50.2 Å². The molecule has 3 aromatic heterocycles. The Morgan fingerprint density at radius 3 is 2.50 bits per heavy atom. The summed E-state index contributed by atoms with van der Waals surface area (Å²) in [4.78, 5) is 18.4. The number of anilines is 3. The number of pyridine rings is 1. The van der Waals surface area contributed by atoms with Gasteiger partial charge in [-0.3, -0.25) is 4.98 Å². The lowest BCUT2D eigenvalue weighted by Crippen LogP contribution is -2.35. The first-order chi connectivity index (χ1) is 16.4. The molecular formula is C24H26N6O3S. The highest BCUT2D eigenvalue weighted by Crippen LogP contribution is 2.36. The summed E-state index contributed by atoms with van der Waals surface area (Å²) in [5.74, 6) is 0.471. The van der Waals surface area contributed by atoms with Crippen molar-refractivity contribution < 1.29 is 15.3 Å². The number of hydrogen-bond acceptors (Lipinski definition) is 10. The van der Waals surface area contributed by atoms with Gasteiger partial charge in [-0.1, -0.05) is 12.1 Å². The molecule has 0 saturated heterocycles. The number of rotatable bonds is 6. The summed E-state index contributed by atoms with van der Waals surface area (Å²) in [7, 11) is 0. The van der Waals surface area contributed by atoms with Crippen molar-refractivity contribution in [1.29, 1.82) is 0 Å². The van der Waals surface area contributed by atoms with Crippen LogP contribution in [0.1, 0.15) is 17.8 Å². The third-order valence-corrected chi connectivity index (χ3v) is 7.08. The summed E-state index contributed by atoms with van der Waals surface area (Å²) in [5, 5.41) is 37.7. The number of fused-ring (bicyclic) bond motifs is 1. The van der Waals surface area contributed by atoms with Gasteiger partial charge >= 0.3 is 0 Å². The third-order valence-electron chi connectivity index (χ3n) is 6.01. The number of thiazole rings is 1. The van der Waals surface area contributed by atoms with Crippen molar-refractivity contribution in [2.75, 3.05) is 17.2 Å². The van der Waals surface area contributed by atoms with Crippen molar-refractivity contribution in [2.24, 2.45) is 5.92 Å². The lowest BCUT2D eigenvalue weighted by molar-refractivity contribution is 0.00446. The molecule has 9 nitrogen and oxygen atoms in total. The molecule has 0 radical (unpaired) electrons. The molecule has 5 N–H and O–H groups in total. The van der Waals surface area contributed by atoms with Crippen LogP contribution in [-0.4, -0.2) is 60.1 Å². The van der Waals surface area contributed by atoms with E-state index in [2.05, 4.69) is 20.6 Å². The van der Waals surface area contributed by atoms with Crippen LogP contribution in [0.2, 0.25) is 0 Å². The molecule has 0 bridgehead atoms. The van der Waals surface area contributed by atoms with Gasteiger partial charge in [-0.05, 0) is 44.5 Å². The van der Waals surface area contributed by atoms with E-state index < -0.39 is 24.2 Å². The van der Waals surface area contributed by atoms with Gasteiger partial charge in [0.05, 0.1) is 27.9 Å². The molecule has 4 atom stereocenters. The minimum Gasteiger partial charge on any atom is -0.396 e. The summed E-state index contributed by atoms with van der Waals surface area (Å²) in [6.45, 7) is 3.65. The van der Waals surface area contributed by atoms with Gasteiger partial charge in [0.25, 0.3) is 0 Å². The van der Waals surface area contributed by atoms with Crippen LogP contribution < -0.4 is 10.6 Å². The van der Waals surface area contributed by atoms with Crippen LogP contribution in [0.5, 0.6) is 0 Å². The second kappa shape index (κ2) is 9.22. The number of benzene rings is 1. The zero-order valence-corrected chi connectivity index (χ0v) is 19.6. The molecular weight excluding hydrogens is 452 g/mol. The van der Waals surface area contributed by atoms with Gasteiger partial charge < -0.3 is 26.0 Å². The SMILES string of the molecule is Cc1cc(Nc2ncc(-c3nc4ccccc4s3)c(N[C@H]3C[C@@H](CO)[C@H](O)[C@@H]3O)n2)cc(C)n1. The van der Waals surface area contributed by atoms with Gasteiger partial charge in [-0.25, -0.2) is 9.97 Å². The Bertz CT molecular complexity index is 1280. The maximum atomic E-state index is 10.6. The number of aliphatic hydroxyl groups excluding tert-OH is 3. The number of nitrogens with one attached hydrogen (secondary N) is 2. The highest BCUT2D eigenvalue weighted by Gasteiger charge is 2.41. The van der Waals surface area contributed by atoms with E-state index in [0.29, 0.717) is 23.8 Å². The first-order valence-electron chi connectivity index (χ1n) is 11.1. The zero-order valence-electron chi connectivity index (χ0n) is 18.8. The third kappa shape index (κ3) is 4.45. The van der Waals surface area contributed by atoms with Crippen molar-refractivity contribution in [2.45, 2.75) is 38.5 Å². The van der Waals surface area contributed by atoms with Gasteiger partial charge in [0.1, 0.15) is 16.9 Å². The minimum absolute atomic E-state index is 0.196. The van der Waals surface area contributed by atoms with Crippen LogP contribution in [0.4, 0.5) is 17.5 Å². The van der Waals surface area contributed by atoms with Crippen molar-refractivity contribution in [1.82, 2.24) is 19.9 Å². The monoisotopic (exact) mass is 478 g/mol. The zero-order chi connectivity index (χ0) is 23.8. The fourth-order valence-corrected chi connectivity index (χ4v) is 5.33. The Labute approximate surface area is 200 Å². The maximum absolute atomic E-state index is 10.6. The lowest BCUT2D eigenvalue weighted by atomic mass is 10.1. The molecule has 176 valence electrons. The second-order valence-electron chi connectivity index (χ2n) is 8.62. The Hall–Kier alpha value is -3.18. The van der Waals surface area contributed by atoms with Gasteiger partial charge in [0.15, 0.2) is 0 Å². The fourth-order valence-electron chi connectivity index (χ4n) is 4.36. The molecule has 3 heterocycles. The second-order valence-corrected chi connectivity index (χ2v) is 9.65. The Kier molecular flexibility index (Phi) is 6.13. The molecule has 0 unspecified atom stereocenters. The number of hydrogen-bond donors (Lipinski definition) is 5. The highest BCUT2D eigenvalue weighted by atomic mass is 32.1. The average molecular weight is 479 g/mol. The lowest BCUT2D eigenvalue weighted by Gasteiger charge is -2.20. The van der Waals surface area contributed by atoms with Gasteiger partial charge in [-0.2, -0.15) is 4.98 Å². The van der Waals surface area contributed by atoms with Crippen LogP contribution in [0.3, 0.4) is 0 Å². The maximum Gasteiger partial charge on any atom is 0.229 e. The topological polar surface area (TPSA) is 136 Å². The highest BCUT2D eigenvalue weighted by molar-refractivity contribution is 7.21. The molecule has 0 aliphatic heterocycles. The molecule has 4 aromatic rings. The number of nitrogens with zero attached hydrogens (tertiary/aromatic N) is 4. The predicted octanol–water partition coefficient (Wildman–Crippen LogP) is 3.02. The quantitative estimate of drug-likeness (QED) is 0.283. The molecule has 0 spiro atoms. The van der Waals surface area contributed by atoms with Gasteiger partial charge in [0.2, 0.25) is 5.95 Å². The first kappa shape index (κ1) is 22.6. The number of para-hydroxylation sites is 1. The summed E-state index contributed by atoms with van der Waals surface area (Å²) < 4.78 is 1.05. The van der Waals surface area contributed by atoms with E-state index in [-0.39, 0.29) is 6.61 Å². The molecule has 5 rings (SSSR count). The Morgan fingerprint density at radius 1 is 1.03 bits per heavy atom. The van der Waals surface area contributed by atoms with Crippen molar-refractivity contribution >= 4 is 39.0 Å². The Morgan fingerprint density at radius 2 is 1.79 bits per heavy atom. The van der Waals surface area contributed by atoms with E-state index in [1.54, 1.807) is 6.20 Å². The largest absolute Gasteiger partial charge is 0.396 e. The number of aryl methyl sites for hydroxylation is 2. The fraction of sp³-hybridized carbons (Fsp3) is 0.333. The summed E-state index contributed by atoms with van der Waals surface area (Å²) in [6, 6.07) is 11.2. The molecule has 1 saturated carbocycles. The van der Waals surface area contributed by atoms with E-state index in [9.17, 15) is 15.3 Å². The van der Waals surface area contributed by atoms with Crippen molar-refractivity contribution in [3.05, 3.63) is 54.0 Å². The molecule has 34 heavy (non-hydrogen) atoms. The van der Waals surface area contributed by atoms with Crippen molar-refractivity contribution in [3.63, 3.8) is 0 Å². The summed E-state index contributed by atoms with van der Waals surface area (Å²) in [5.41, 5.74) is 4.16. The number of aliphatic hydroxyl groups is 3. The van der Waals surface area contributed by atoms with E-state index in [0.717, 1.165) is 32.3 Å². The molecule has 0 amide bonds. The summed E-state index contributed by atoms with van der Waals surface area (Å²) >= 11 is 1.53. The molecule has 1 fully saturated rings. The van der Waals surface area contributed by atoms with Crippen LogP contribution in [-0.2, 0) is 0 Å². The standard InChI is InChI=1S/C24H26N6O3S/c1-12-7-15(8-13(2)26-12)27-24-25-10-16(23-29-17-5-3-4-6-19(17)34-23)22(30-24)28-18-9-14(11-31)20(32)21(18)33/h3-8,10,14,18,20-21,31-33H,9,11H2,1-2H3,(H2,25,26,27,28,30)/t14-,18-,20-,21+/m0/s1. The van der Waals surface area contributed by atoms with E-state index in [4.69, 9.17) is 9.97 Å². The van der Waals surface area contributed by atoms with Crippen molar-refractivity contribution in [3.8, 4) is 10.6 Å². The van der Waals surface area contributed by atoms with Gasteiger partial charge in [0, 0.05) is 35.8 Å². The molecule has 1 aromatic carbocycles.